The molecule has 2 unspecified atom stereocenters. The Kier molecular flexibility index (Phi) is 3.71. The number of fused-ring (bicyclic) bond motifs is 1. The number of nitrogens with zero attached hydrogens (tertiary/aromatic N) is 1. The van der Waals surface area contributed by atoms with Crippen LogP contribution >= 0.6 is 11.8 Å². The molecule has 0 bridgehead atoms. The van der Waals surface area contributed by atoms with E-state index in [4.69, 9.17) is 0 Å². The molecule has 2 heterocycles. The van der Waals surface area contributed by atoms with Gasteiger partial charge in [-0.05, 0) is 26.2 Å². The van der Waals surface area contributed by atoms with E-state index in [0.29, 0.717) is 12.2 Å². The lowest BCUT2D eigenvalue weighted by molar-refractivity contribution is -0.138. The van der Waals surface area contributed by atoms with E-state index in [-0.39, 0.29) is 28.8 Å². The molecule has 2 N–H and O–H groups in total. The highest BCUT2D eigenvalue weighted by Gasteiger charge is 2.53. The number of hydrogen-bond acceptors (Lipinski definition) is 4. The molecule has 20 heavy (non-hydrogen) atoms. The maximum Gasteiger partial charge on any atom is 0.244 e. The third-order valence-electron chi connectivity index (χ3n) is 4.80. The highest BCUT2D eigenvalue weighted by Crippen LogP contribution is 2.47. The highest BCUT2D eigenvalue weighted by atomic mass is 32.2. The summed E-state index contributed by atoms with van der Waals surface area (Å²) in [6, 6.07) is -0.514. The standard InChI is InChI=1S/C14H22N2O3S/c1-14-7-6-12(18)16(14)10(8-20-14)13(19)15-9-4-2-3-5-11(9)17/h9-11,17H,2-8H2,1H3,(H,15,19)/t9-,10?,11-,14?/m1/s1. The van der Waals surface area contributed by atoms with E-state index in [1.165, 1.54) is 0 Å². The largest absolute Gasteiger partial charge is 0.391 e. The minimum atomic E-state index is -0.442. The van der Waals surface area contributed by atoms with Crippen molar-refractivity contribution in [3.63, 3.8) is 0 Å². The van der Waals surface area contributed by atoms with E-state index in [0.717, 1.165) is 32.1 Å². The molecule has 3 aliphatic rings. The lowest BCUT2D eigenvalue weighted by atomic mass is 9.92. The van der Waals surface area contributed by atoms with Gasteiger partial charge in [0.15, 0.2) is 0 Å². The minimum absolute atomic E-state index is 0.0850. The van der Waals surface area contributed by atoms with Crippen LogP contribution in [-0.2, 0) is 9.59 Å². The van der Waals surface area contributed by atoms with E-state index < -0.39 is 6.10 Å². The molecule has 6 heteroatoms. The zero-order chi connectivity index (χ0) is 14.3. The Morgan fingerprint density at radius 1 is 1.45 bits per heavy atom. The van der Waals surface area contributed by atoms with Crippen molar-refractivity contribution in [2.75, 3.05) is 5.75 Å². The van der Waals surface area contributed by atoms with Crippen LogP contribution in [0.25, 0.3) is 0 Å². The summed E-state index contributed by atoms with van der Waals surface area (Å²) in [4.78, 5) is 26.0. The first kappa shape index (κ1) is 14.2. The van der Waals surface area contributed by atoms with Gasteiger partial charge in [-0.2, -0.15) is 0 Å². The van der Waals surface area contributed by atoms with Crippen LogP contribution in [0, 0.1) is 0 Å². The van der Waals surface area contributed by atoms with Crippen LogP contribution in [0.2, 0.25) is 0 Å². The first-order valence-electron chi connectivity index (χ1n) is 7.46. The fourth-order valence-corrected chi connectivity index (χ4v) is 5.01. The SMILES string of the molecule is CC12CCC(=O)N1C(C(=O)N[C@@H]1CCCC[C@H]1O)CS2. The van der Waals surface area contributed by atoms with Gasteiger partial charge in [0.2, 0.25) is 11.8 Å². The number of aliphatic hydroxyl groups excluding tert-OH is 1. The molecular weight excluding hydrogens is 276 g/mol. The number of thioether (sulfide) groups is 1. The molecule has 2 amide bonds. The summed E-state index contributed by atoms with van der Waals surface area (Å²) in [5.74, 6) is 0.654. The maximum absolute atomic E-state index is 12.5. The van der Waals surface area contributed by atoms with Gasteiger partial charge >= 0.3 is 0 Å². The number of rotatable bonds is 2. The smallest absolute Gasteiger partial charge is 0.244 e. The molecule has 4 atom stereocenters. The van der Waals surface area contributed by atoms with Crippen molar-refractivity contribution < 1.29 is 14.7 Å². The molecule has 0 spiro atoms. The Morgan fingerprint density at radius 3 is 2.95 bits per heavy atom. The van der Waals surface area contributed by atoms with E-state index in [1.807, 2.05) is 6.92 Å². The topological polar surface area (TPSA) is 69.6 Å². The predicted molar refractivity (Wildman–Crippen MR) is 77.1 cm³/mol. The van der Waals surface area contributed by atoms with Crippen LogP contribution in [0.1, 0.15) is 45.4 Å². The van der Waals surface area contributed by atoms with Gasteiger partial charge in [-0.15, -0.1) is 11.8 Å². The second-order valence-electron chi connectivity index (χ2n) is 6.23. The Hall–Kier alpha value is -0.750. The van der Waals surface area contributed by atoms with Gasteiger partial charge in [-0.1, -0.05) is 12.8 Å². The summed E-state index contributed by atoms with van der Waals surface area (Å²) in [6.45, 7) is 2.05. The lowest BCUT2D eigenvalue weighted by Crippen LogP contribution is -2.54. The van der Waals surface area contributed by atoms with E-state index in [1.54, 1.807) is 16.7 Å². The predicted octanol–water partition coefficient (Wildman–Crippen LogP) is 0.860. The van der Waals surface area contributed by atoms with Crippen LogP contribution in [0.3, 0.4) is 0 Å². The summed E-state index contributed by atoms with van der Waals surface area (Å²) < 4.78 is 0. The van der Waals surface area contributed by atoms with Crippen LogP contribution < -0.4 is 5.32 Å². The molecule has 5 nitrogen and oxygen atoms in total. The second-order valence-corrected chi connectivity index (χ2v) is 7.73. The van der Waals surface area contributed by atoms with Crippen LogP contribution in [0.5, 0.6) is 0 Å². The molecule has 112 valence electrons. The molecular formula is C14H22N2O3S. The summed E-state index contributed by atoms with van der Waals surface area (Å²) in [6.07, 6.45) is 4.58. The molecule has 3 rings (SSSR count). The molecule has 1 saturated carbocycles. The van der Waals surface area contributed by atoms with Crippen LogP contribution in [0.15, 0.2) is 0 Å². The molecule has 0 aromatic rings. The third kappa shape index (κ3) is 2.33. The van der Waals surface area contributed by atoms with Crippen molar-refractivity contribution >= 4 is 23.6 Å². The third-order valence-corrected chi connectivity index (χ3v) is 6.31. The van der Waals surface area contributed by atoms with Gasteiger partial charge in [0.1, 0.15) is 6.04 Å². The number of nitrogens with one attached hydrogen (secondary N) is 1. The summed E-state index contributed by atoms with van der Waals surface area (Å²) in [5, 5.41) is 12.9. The summed E-state index contributed by atoms with van der Waals surface area (Å²) in [5.41, 5.74) is 0. The molecule has 1 aliphatic carbocycles. The lowest BCUT2D eigenvalue weighted by Gasteiger charge is -2.33. The summed E-state index contributed by atoms with van der Waals surface area (Å²) >= 11 is 1.70. The van der Waals surface area contributed by atoms with Gasteiger partial charge in [-0.3, -0.25) is 9.59 Å². The first-order valence-corrected chi connectivity index (χ1v) is 8.44. The molecule has 0 radical (unpaired) electrons. The Labute approximate surface area is 123 Å². The fourth-order valence-electron chi connectivity index (χ4n) is 3.57. The number of hydrogen-bond donors (Lipinski definition) is 2. The van der Waals surface area contributed by atoms with Crippen molar-refractivity contribution in [1.29, 1.82) is 0 Å². The van der Waals surface area contributed by atoms with Gasteiger partial charge in [0.25, 0.3) is 0 Å². The van der Waals surface area contributed by atoms with Gasteiger partial charge in [0, 0.05) is 12.2 Å². The number of carbonyl (C=O) groups excluding carboxylic acids is 2. The monoisotopic (exact) mass is 298 g/mol. The average Bonchev–Trinajstić information content (AvgIpc) is 2.90. The second kappa shape index (κ2) is 5.22. The van der Waals surface area contributed by atoms with E-state index in [2.05, 4.69) is 5.32 Å². The summed E-state index contributed by atoms with van der Waals surface area (Å²) in [7, 11) is 0. The van der Waals surface area contributed by atoms with Gasteiger partial charge in [0.05, 0.1) is 17.0 Å². The first-order chi connectivity index (χ1) is 9.51. The maximum atomic E-state index is 12.5. The van der Waals surface area contributed by atoms with Crippen molar-refractivity contribution in [2.45, 2.75) is 68.5 Å². The average molecular weight is 298 g/mol. The number of aliphatic hydroxyl groups is 1. The zero-order valence-corrected chi connectivity index (χ0v) is 12.6. The van der Waals surface area contributed by atoms with E-state index in [9.17, 15) is 14.7 Å². The molecule has 3 fully saturated rings. The number of carbonyl (C=O) groups is 2. The van der Waals surface area contributed by atoms with Crippen molar-refractivity contribution in [3.8, 4) is 0 Å². The Balaban J connectivity index is 1.67. The quantitative estimate of drug-likeness (QED) is 0.793. The molecule has 2 saturated heterocycles. The Bertz CT molecular complexity index is 431. The number of amides is 2. The molecule has 0 aromatic heterocycles. The molecule has 2 aliphatic heterocycles. The molecule has 0 aromatic carbocycles. The van der Waals surface area contributed by atoms with Crippen LogP contribution in [-0.4, -0.2) is 50.6 Å². The van der Waals surface area contributed by atoms with E-state index >= 15 is 0 Å². The zero-order valence-electron chi connectivity index (χ0n) is 11.8. The van der Waals surface area contributed by atoms with Gasteiger partial charge in [-0.25, -0.2) is 0 Å². The fraction of sp³-hybridized carbons (Fsp3) is 0.857. The highest BCUT2D eigenvalue weighted by molar-refractivity contribution is 8.01. The van der Waals surface area contributed by atoms with Crippen LogP contribution in [0.4, 0.5) is 0 Å². The van der Waals surface area contributed by atoms with Gasteiger partial charge < -0.3 is 15.3 Å². The normalized spacial score (nSPS) is 40.8. The minimum Gasteiger partial charge on any atom is -0.391 e. The Morgan fingerprint density at radius 2 is 2.20 bits per heavy atom. The van der Waals surface area contributed by atoms with Crippen molar-refractivity contribution in [2.24, 2.45) is 0 Å². The van der Waals surface area contributed by atoms with Crippen molar-refractivity contribution in [3.05, 3.63) is 0 Å². The van der Waals surface area contributed by atoms with Crippen molar-refractivity contribution in [1.82, 2.24) is 10.2 Å².